The summed E-state index contributed by atoms with van der Waals surface area (Å²) in [6.07, 6.45) is 6.23. The summed E-state index contributed by atoms with van der Waals surface area (Å²) in [5, 5.41) is 2.65. The van der Waals surface area contributed by atoms with Crippen LogP contribution in [0.15, 0.2) is 12.4 Å². The number of hydrogen-bond acceptors (Lipinski definition) is 8. The second-order valence-electron chi connectivity index (χ2n) is 11.6. The van der Waals surface area contributed by atoms with E-state index >= 15 is 0 Å². The Morgan fingerprint density at radius 3 is 2.36 bits per heavy atom. The second-order valence-corrected chi connectivity index (χ2v) is 11.6. The maximum atomic E-state index is 13.1. The van der Waals surface area contributed by atoms with Crippen molar-refractivity contribution in [2.75, 3.05) is 13.2 Å². The number of aromatic nitrogens is 2. The van der Waals surface area contributed by atoms with Gasteiger partial charge in [0.1, 0.15) is 11.6 Å². The number of alkyl carbamates (subject to hydrolysis) is 1. The van der Waals surface area contributed by atoms with E-state index in [1.54, 1.807) is 40.1 Å². The van der Waals surface area contributed by atoms with Gasteiger partial charge in [0.25, 0.3) is 0 Å². The number of nitrogens with one attached hydrogen (secondary N) is 1. The lowest BCUT2D eigenvalue weighted by Gasteiger charge is -2.37. The monoisotopic (exact) mass is 504 g/mol. The molecule has 1 N–H and O–H groups in total. The van der Waals surface area contributed by atoms with Crippen molar-refractivity contribution >= 4 is 24.6 Å². The summed E-state index contributed by atoms with van der Waals surface area (Å²) >= 11 is 0. The van der Waals surface area contributed by atoms with Gasteiger partial charge in [0.15, 0.2) is 0 Å². The molecule has 200 valence electrons. The van der Waals surface area contributed by atoms with Crippen LogP contribution in [0, 0.1) is 0 Å². The van der Waals surface area contributed by atoms with Gasteiger partial charge in [0.05, 0.1) is 17.8 Å². The number of ether oxygens (including phenoxy) is 2. The zero-order valence-electron chi connectivity index (χ0n) is 22.9. The fourth-order valence-corrected chi connectivity index (χ4v) is 4.17. The maximum Gasteiger partial charge on any atom is 0.498 e. The summed E-state index contributed by atoms with van der Waals surface area (Å²) in [6.45, 7) is 16.1. The van der Waals surface area contributed by atoms with E-state index in [1.807, 2.05) is 32.6 Å². The molecule has 0 spiro atoms. The van der Waals surface area contributed by atoms with Crippen LogP contribution < -0.4 is 15.5 Å². The normalized spacial score (nSPS) is 22.2. The Morgan fingerprint density at radius 2 is 1.78 bits per heavy atom. The van der Waals surface area contributed by atoms with Crippen LogP contribution in [0.25, 0.3) is 0 Å². The van der Waals surface area contributed by atoms with Gasteiger partial charge in [-0.25, -0.2) is 14.8 Å². The van der Waals surface area contributed by atoms with Crippen LogP contribution in [-0.2, 0) is 18.8 Å². The lowest BCUT2D eigenvalue weighted by Crippen LogP contribution is -2.53. The molecule has 2 aliphatic heterocycles. The number of likely N-dealkylation sites (tertiary alicyclic amines) is 1. The van der Waals surface area contributed by atoms with Crippen molar-refractivity contribution in [3.8, 4) is 6.01 Å². The molecule has 0 aromatic carbocycles. The molecule has 2 fully saturated rings. The molecule has 1 aromatic rings. The minimum absolute atomic E-state index is 0.0261. The zero-order valence-corrected chi connectivity index (χ0v) is 22.9. The topological polar surface area (TPSA) is 112 Å². The molecular weight excluding hydrogens is 463 g/mol. The quantitative estimate of drug-likeness (QED) is 0.565. The van der Waals surface area contributed by atoms with E-state index in [0.717, 1.165) is 24.7 Å². The van der Waals surface area contributed by atoms with Crippen molar-refractivity contribution in [3.63, 3.8) is 0 Å². The summed E-state index contributed by atoms with van der Waals surface area (Å²) in [4.78, 5) is 35.6. The highest BCUT2D eigenvalue weighted by Gasteiger charge is 2.52. The first-order valence-electron chi connectivity index (χ1n) is 12.8. The van der Waals surface area contributed by atoms with Gasteiger partial charge in [-0.2, -0.15) is 0 Å². The Morgan fingerprint density at radius 1 is 1.17 bits per heavy atom. The van der Waals surface area contributed by atoms with Gasteiger partial charge in [0.2, 0.25) is 5.91 Å². The molecule has 2 amide bonds. The lowest BCUT2D eigenvalue weighted by atomic mass is 9.81. The van der Waals surface area contributed by atoms with E-state index in [0.29, 0.717) is 19.6 Å². The molecule has 0 saturated carbocycles. The summed E-state index contributed by atoms with van der Waals surface area (Å²) in [6, 6.07) is -0.380. The van der Waals surface area contributed by atoms with E-state index < -0.39 is 36.1 Å². The first-order valence-corrected chi connectivity index (χ1v) is 12.8. The molecule has 0 radical (unpaired) electrons. The van der Waals surface area contributed by atoms with E-state index in [2.05, 4.69) is 15.3 Å². The van der Waals surface area contributed by atoms with Crippen LogP contribution in [-0.4, -0.2) is 76.0 Å². The number of carbonyl (C=O) groups excluding carboxylic acids is 2. The van der Waals surface area contributed by atoms with Gasteiger partial charge >= 0.3 is 19.2 Å². The molecule has 2 atom stereocenters. The van der Waals surface area contributed by atoms with Crippen molar-refractivity contribution in [3.05, 3.63) is 12.4 Å². The standard InChI is InChI=1S/C25H41BN4O6/c1-17(29-22(32)34-23(2,3)4)20(31)30-13-10-9-11-19(30)12-14-33-21-27-15-18(16-28-21)26-35-24(5,6)25(7,8)36-26/h15-17,19H,9-14H2,1-8H3,(H,29,32). The van der Waals surface area contributed by atoms with E-state index in [4.69, 9.17) is 18.8 Å². The Kier molecular flexibility index (Phi) is 8.55. The molecule has 2 unspecified atom stereocenters. The molecule has 1 aromatic heterocycles. The van der Waals surface area contributed by atoms with E-state index in [1.165, 1.54) is 0 Å². The van der Waals surface area contributed by atoms with Gasteiger partial charge in [-0.05, 0) is 74.7 Å². The second kappa shape index (κ2) is 10.9. The molecule has 10 nitrogen and oxygen atoms in total. The number of amides is 2. The van der Waals surface area contributed by atoms with Crippen molar-refractivity contribution < 1.29 is 28.4 Å². The van der Waals surface area contributed by atoms with Gasteiger partial charge in [0, 0.05) is 36.9 Å². The number of hydrogen-bond donors (Lipinski definition) is 1. The van der Waals surface area contributed by atoms with Crippen LogP contribution in [0.4, 0.5) is 4.79 Å². The van der Waals surface area contributed by atoms with Crippen LogP contribution in [0.5, 0.6) is 6.01 Å². The maximum absolute atomic E-state index is 13.1. The Hall–Kier alpha value is -2.40. The summed E-state index contributed by atoms with van der Waals surface area (Å²) in [5.74, 6) is -0.117. The minimum atomic E-state index is -0.674. The molecule has 0 bridgehead atoms. The summed E-state index contributed by atoms with van der Waals surface area (Å²) in [5.41, 5.74) is -0.759. The van der Waals surface area contributed by atoms with Gasteiger partial charge in [-0.15, -0.1) is 0 Å². The number of nitrogens with zero attached hydrogens (tertiary/aromatic N) is 3. The molecule has 2 aliphatic rings. The number of rotatable bonds is 7. The highest BCUT2D eigenvalue weighted by molar-refractivity contribution is 6.61. The highest BCUT2D eigenvalue weighted by atomic mass is 16.7. The number of carbonyl (C=O) groups is 2. The largest absolute Gasteiger partial charge is 0.498 e. The van der Waals surface area contributed by atoms with Crippen molar-refractivity contribution in [1.29, 1.82) is 0 Å². The lowest BCUT2D eigenvalue weighted by molar-refractivity contribution is -0.137. The fourth-order valence-electron chi connectivity index (χ4n) is 4.17. The SMILES string of the molecule is CC(NC(=O)OC(C)(C)C)C(=O)N1CCCCC1CCOc1ncc(B2OC(C)(C)C(C)(C)O2)cn1. The van der Waals surface area contributed by atoms with Gasteiger partial charge in [-0.1, -0.05) is 0 Å². The van der Waals surface area contributed by atoms with E-state index in [9.17, 15) is 9.59 Å². The fraction of sp³-hybridized carbons (Fsp3) is 0.760. The summed E-state index contributed by atoms with van der Waals surface area (Å²) < 4.78 is 23.1. The van der Waals surface area contributed by atoms with Crippen LogP contribution in [0.2, 0.25) is 0 Å². The predicted octanol–water partition coefficient (Wildman–Crippen LogP) is 2.84. The average molecular weight is 504 g/mol. The van der Waals surface area contributed by atoms with Gasteiger partial charge < -0.3 is 29.0 Å². The Bertz CT molecular complexity index is 902. The Balaban J connectivity index is 1.50. The molecule has 11 heteroatoms. The molecule has 36 heavy (non-hydrogen) atoms. The van der Waals surface area contributed by atoms with Crippen LogP contribution >= 0.6 is 0 Å². The number of piperidine rings is 1. The molecule has 3 heterocycles. The zero-order chi connectivity index (χ0) is 26.7. The summed E-state index contributed by atoms with van der Waals surface area (Å²) in [7, 11) is -0.526. The van der Waals surface area contributed by atoms with Crippen LogP contribution in [0.3, 0.4) is 0 Å². The average Bonchev–Trinajstić information content (AvgIpc) is 2.99. The smallest absolute Gasteiger partial charge is 0.463 e. The van der Waals surface area contributed by atoms with Gasteiger partial charge in [-0.3, -0.25) is 4.79 Å². The third-order valence-electron chi connectivity index (χ3n) is 6.87. The molecule has 0 aliphatic carbocycles. The molecule has 2 saturated heterocycles. The van der Waals surface area contributed by atoms with Crippen LogP contribution in [0.1, 0.15) is 81.1 Å². The van der Waals surface area contributed by atoms with Crippen molar-refractivity contribution in [2.24, 2.45) is 0 Å². The Labute approximate surface area is 215 Å². The third-order valence-corrected chi connectivity index (χ3v) is 6.87. The highest BCUT2D eigenvalue weighted by Crippen LogP contribution is 2.36. The molecule has 3 rings (SSSR count). The van der Waals surface area contributed by atoms with E-state index in [-0.39, 0.29) is 18.0 Å². The predicted molar refractivity (Wildman–Crippen MR) is 136 cm³/mol. The third kappa shape index (κ3) is 7.09. The minimum Gasteiger partial charge on any atom is -0.463 e. The molecular formula is C25H41BN4O6. The first-order chi connectivity index (χ1) is 16.7. The van der Waals surface area contributed by atoms with Crippen molar-refractivity contribution in [2.45, 2.75) is 110 Å². The van der Waals surface area contributed by atoms with Crippen molar-refractivity contribution in [1.82, 2.24) is 20.2 Å². The first kappa shape index (κ1) is 28.2.